The molecule has 1 unspecified atom stereocenters. The van der Waals surface area contributed by atoms with Crippen LogP contribution in [0.4, 0.5) is 8.78 Å². The maximum atomic E-state index is 12.6. The van der Waals surface area contributed by atoms with Crippen molar-refractivity contribution in [3.05, 3.63) is 63.6 Å². The summed E-state index contributed by atoms with van der Waals surface area (Å²) in [5, 5.41) is 0. The van der Waals surface area contributed by atoms with Crippen molar-refractivity contribution in [2.45, 2.75) is 19.0 Å². The second-order valence-electron chi connectivity index (χ2n) is 4.84. The van der Waals surface area contributed by atoms with Gasteiger partial charge in [0.05, 0.1) is 12.0 Å². The van der Waals surface area contributed by atoms with Crippen LogP contribution >= 0.6 is 15.9 Å². The number of rotatable bonds is 2. The zero-order chi connectivity index (χ0) is 15.0. The molecule has 108 valence electrons. The van der Waals surface area contributed by atoms with Gasteiger partial charge in [-0.25, -0.2) is 8.78 Å². The number of alkyl halides is 2. The van der Waals surface area contributed by atoms with E-state index in [2.05, 4.69) is 15.9 Å². The number of hydrogen-bond donors (Lipinski definition) is 0. The fourth-order valence-corrected chi connectivity index (χ4v) is 2.68. The average Bonchev–Trinajstić information content (AvgIpc) is 2.46. The van der Waals surface area contributed by atoms with E-state index < -0.39 is 12.5 Å². The molecule has 1 heterocycles. The summed E-state index contributed by atoms with van der Waals surface area (Å²) >= 11 is 3.34. The predicted octanol–water partition coefficient (Wildman–Crippen LogP) is 5.09. The van der Waals surface area contributed by atoms with E-state index in [1.807, 2.05) is 0 Å². The van der Waals surface area contributed by atoms with Gasteiger partial charge in [-0.15, -0.1) is 0 Å². The molecule has 2 aromatic carbocycles. The molecular weight excluding hydrogens is 342 g/mol. The second kappa shape index (κ2) is 5.56. The van der Waals surface area contributed by atoms with Gasteiger partial charge in [-0.1, -0.05) is 40.2 Å². The molecule has 3 rings (SSSR count). The van der Waals surface area contributed by atoms with Crippen molar-refractivity contribution in [1.29, 1.82) is 0 Å². The molecule has 0 spiro atoms. The van der Waals surface area contributed by atoms with Crippen LogP contribution in [0.15, 0.2) is 46.9 Å². The van der Waals surface area contributed by atoms with Crippen LogP contribution in [0.25, 0.3) is 0 Å². The summed E-state index contributed by atoms with van der Waals surface area (Å²) in [7, 11) is 0. The van der Waals surface area contributed by atoms with E-state index in [0.717, 1.165) is 10.0 Å². The molecule has 2 aromatic rings. The van der Waals surface area contributed by atoms with Crippen molar-refractivity contribution in [2.24, 2.45) is 0 Å². The molecule has 1 aliphatic rings. The Hall–Kier alpha value is -1.75. The molecule has 0 fully saturated rings. The monoisotopic (exact) mass is 352 g/mol. The second-order valence-corrected chi connectivity index (χ2v) is 5.76. The molecule has 0 amide bonds. The van der Waals surface area contributed by atoms with E-state index in [-0.39, 0.29) is 17.8 Å². The minimum atomic E-state index is -2.50. The number of Topliss-reactive ketones (excluding diaryl/α,β-unsaturated/α-hetero) is 1. The Morgan fingerprint density at radius 2 is 1.86 bits per heavy atom. The number of carbonyl (C=O) groups excluding carboxylic acids is 1. The maximum absolute atomic E-state index is 12.6. The Bertz CT molecular complexity index is 683. The lowest BCUT2D eigenvalue weighted by molar-refractivity contribution is 0.0849. The summed E-state index contributed by atoms with van der Waals surface area (Å²) in [4.78, 5) is 12.1. The SMILES string of the molecule is O=C1CC(c2ccc(C(F)F)cc2)Oc2cc(Br)ccc21. The van der Waals surface area contributed by atoms with E-state index in [0.29, 0.717) is 11.3 Å². The fraction of sp³-hybridized carbons (Fsp3) is 0.188. The number of halogens is 3. The Balaban J connectivity index is 1.89. The normalized spacial score (nSPS) is 17.5. The Kier molecular flexibility index (Phi) is 3.76. The number of carbonyl (C=O) groups is 1. The average molecular weight is 353 g/mol. The molecule has 0 saturated carbocycles. The van der Waals surface area contributed by atoms with Crippen LogP contribution in [0.1, 0.15) is 40.4 Å². The van der Waals surface area contributed by atoms with Gasteiger partial charge in [0.1, 0.15) is 11.9 Å². The van der Waals surface area contributed by atoms with Crippen molar-refractivity contribution in [1.82, 2.24) is 0 Å². The highest BCUT2D eigenvalue weighted by Gasteiger charge is 2.27. The summed E-state index contributed by atoms with van der Waals surface area (Å²) in [6.07, 6.45) is -2.72. The fourth-order valence-electron chi connectivity index (χ4n) is 2.34. The number of benzene rings is 2. The van der Waals surface area contributed by atoms with E-state index >= 15 is 0 Å². The predicted molar refractivity (Wildman–Crippen MR) is 77.9 cm³/mol. The van der Waals surface area contributed by atoms with Crippen molar-refractivity contribution < 1.29 is 18.3 Å². The van der Waals surface area contributed by atoms with Crippen molar-refractivity contribution in [3.63, 3.8) is 0 Å². The molecular formula is C16H11BrF2O2. The molecule has 0 bridgehead atoms. The molecule has 0 aliphatic carbocycles. The Morgan fingerprint density at radius 1 is 1.14 bits per heavy atom. The zero-order valence-electron chi connectivity index (χ0n) is 10.9. The van der Waals surface area contributed by atoms with Gasteiger partial charge >= 0.3 is 0 Å². The van der Waals surface area contributed by atoms with Gasteiger partial charge < -0.3 is 4.74 Å². The highest BCUT2D eigenvalue weighted by atomic mass is 79.9. The van der Waals surface area contributed by atoms with Gasteiger partial charge in [-0.3, -0.25) is 4.79 Å². The summed E-state index contributed by atoms with van der Waals surface area (Å²) in [6, 6.07) is 11.2. The van der Waals surface area contributed by atoms with E-state index in [4.69, 9.17) is 4.74 Å². The minimum absolute atomic E-state index is 0.00770. The van der Waals surface area contributed by atoms with Crippen LogP contribution in [0.2, 0.25) is 0 Å². The van der Waals surface area contributed by atoms with Crippen LogP contribution in [-0.4, -0.2) is 5.78 Å². The Morgan fingerprint density at radius 3 is 2.52 bits per heavy atom. The van der Waals surface area contributed by atoms with E-state index in [9.17, 15) is 13.6 Å². The first-order valence-corrected chi connectivity index (χ1v) is 7.21. The lowest BCUT2D eigenvalue weighted by Crippen LogP contribution is -2.20. The third kappa shape index (κ3) is 2.83. The first-order valence-electron chi connectivity index (χ1n) is 6.42. The van der Waals surface area contributed by atoms with Crippen LogP contribution in [0.5, 0.6) is 5.75 Å². The standard InChI is InChI=1S/C16H11BrF2O2/c17-11-5-6-12-13(20)8-14(21-15(12)7-11)9-1-3-10(4-2-9)16(18)19/h1-7,14,16H,8H2. The molecule has 1 aliphatic heterocycles. The first-order chi connectivity index (χ1) is 10.0. The summed E-state index contributed by atoms with van der Waals surface area (Å²) in [5.74, 6) is 0.509. The maximum Gasteiger partial charge on any atom is 0.263 e. The minimum Gasteiger partial charge on any atom is -0.484 e. The van der Waals surface area contributed by atoms with Crippen LogP contribution < -0.4 is 4.74 Å². The van der Waals surface area contributed by atoms with Crippen LogP contribution in [-0.2, 0) is 0 Å². The number of hydrogen-bond acceptors (Lipinski definition) is 2. The summed E-state index contributed by atoms with van der Waals surface area (Å²) < 4.78 is 31.8. The number of ether oxygens (including phenoxy) is 1. The molecule has 0 N–H and O–H groups in total. The van der Waals surface area contributed by atoms with Gasteiger partial charge in [0.15, 0.2) is 5.78 Å². The quantitative estimate of drug-likeness (QED) is 0.752. The van der Waals surface area contributed by atoms with Crippen molar-refractivity contribution in [3.8, 4) is 5.75 Å². The molecule has 0 radical (unpaired) electrons. The lowest BCUT2D eigenvalue weighted by Gasteiger charge is -2.25. The van der Waals surface area contributed by atoms with Crippen molar-refractivity contribution >= 4 is 21.7 Å². The smallest absolute Gasteiger partial charge is 0.263 e. The van der Waals surface area contributed by atoms with Gasteiger partial charge in [-0.2, -0.15) is 0 Å². The molecule has 2 nitrogen and oxygen atoms in total. The Labute approximate surface area is 128 Å². The first kappa shape index (κ1) is 14.2. The van der Waals surface area contributed by atoms with Gasteiger partial charge in [0.2, 0.25) is 0 Å². The van der Waals surface area contributed by atoms with E-state index in [1.165, 1.54) is 12.1 Å². The molecule has 1 atom stereocenters. The van der Waals surface area contributed by atoms with Gasteiger partial charge in [-0.05, 0) is 23.8 Å². The van der Waals surface area contributed by atoms with E-state index in [1.54, 1.807) is 30.3 Å². The lowest BCUT2D eigenvalue weighted by atomic mass is 9.96. The molecule has 0 saturated heterocycles. The third-order valence-electron chi connectivity index (χ3n) is 3.44. The molecule has 0 aromatic heterocycles. The topological polar surface area (TPSA) is 26.3 Å². The molecule has 21 heavy (non-hydrogen) atoms. The highest BCUT2D eigenvalue weighted by Crippen LogP contribution is 2.36. The number of fused-ring (bicyclic) bond motifs is 1. The van der Waals surface area contributed by atoms with Crippen LogP contribution in [0, 0.1) is 0 Å². The zero-order valence-corrected chi connectivity index (χ0v) is 12.4. The van der Waals surface area contributed by atoms with Gasteiger partial charge in [0.25, 0.3) is 6.43 Å². The van der Waals surface area contributed by atoms with Gasteiger partial charge in [0, 0.05) is 10.0 Å². The van der Waals surface area contributed by atoms with Crippen LogP contribution in [0.3, 0.4) is 0 Å². The highest BCUT2D eigenvalue weighted by molar-refractivity contribution is 9.10. The van der Waals surface area contributed by atoms with Crippen molar-refractivity contribution in [2.75, 3.05) is 0 Å². The summed E-state index contributed by atoms with van der Waals surface area (Å²) in [5.41, 5.74) is 1.24. The number of ketones is 1. The third-order valence-corrected chi connectivity index (χ3v) is 3.94. The molecule has 5 heteroatoms. The largest absolute Gasteiger partial charge is 0.484 e. The summed E-state index contributed by atoms with van der Waals surface area (Å²) in [6.45, 7) is 0.